The topological polar surface area (TPSA) is 52.9 Å². The predicted octanol–water partition coefficient (Wildman–Crippen LogP) is -0.188. The van der Waals surface area contributed by atoms with Gasteiger partial charge >= 0.3 is 0 Å². The van der Waals surface area contributed by atoms with Crippen LogP contribution in [0.2, 0.25) is 0 Å². The molecule has 3 nitrogen and oxygen atoms in total. The second kappa shape index (κ2) is 3.88. The van der Waals surface area contributed by atoms with E-state index in [9.17, 15) is 4.79 Å². The summed E-state index contributed by atoms with van der Waals surface area (Å²) < 4.78 is 0. The Labute approximate surface area is 47.6 Å². The molecule has 0 saturated carbocycles. The van der Waals surface area contributed by atoms with Crippen molar-refractivity contribution in [3.63, 3.8) is 0 Å². The van der Waals surface area contributed by atoms with Crippen molar-refractivity contribution >= 4 is 6.29 Å². The highest BCUT2D eigenvalue weighted by atomic mass is 16.1. The zero-order valence-corrected chi connectivity index (χ0v) is 4.51. The fourth-order valence-corrected chi connectivity index (χ4v) is 0.248. The van der Waals surface area contributed by atoms with E-state index in [-0.39, 0.29) is 5.57 Å². The van der Waals surface area contributed by atoms with Crippen molar-refractivity contribution in [1.82, 2.24) is 5.32 Å². The number of nitrogens with one attached hydrogen (secondary N) is 1. The molecule has 0 radical (unpaired) electrons. The molecule has 0 aliphatic heterocycles. The lowest BCUT2D eigenvalue weighted by Gasteiger charge is -1.81. The molecule has 42 valence electrons. The molecule has 0 spiro atoms. The van der Waals surface area contributed by atoms with Crippen molar-refractivity contribution in [2.24, 2.45) is 0 Å². The Kier molecular flexibility index (Phi) is 3.25. The van der Waals surface area contributed by atoms with Gasteiger partial charge in [0.1, 0.15) is 11.6 Å². The molecule has 0 fully saturated rings. The molecule has 0 unspecified atom stereocenters. The van der Waals surface area contributed by atoms with Crippen molar-refractivity contribution in [1.29, 1.82) is 5.26 Å². The molecule has 0 aromatic carbocycles. The van der Waals surface area contributed by atoms with Gasteiger partial charge in [0.15, 0.2) is 6.29 Å². The maximum absolute atomic E-state index is 9.80. The molecule has 0 aliphatic rings. The van der Waals surface area contributed by atoms with Crippen LogP contribution in [0.5, 0.6) is 0 Å². The first-order chi connectivity index (χ1) is 3.85. The molecule has 8 heavy (non-hydrogen) atoms. The third kappa shape index (κ3) is 1.98. The van der Waals surface area contributed by atoms with Gasteiger partial charge in [0, 0.05) is 13.2 Å². The summed E-state index contributed by atoms with van der Waals surface area (Å²) in [6.07, 6.45) is 1.84. The van der Waals surface area contributed by atoms with E-state index in [2.05, 4.69) is 5.32 Å². The van der Waals surface area contributed by atoms with Gasteiger partial charge in [-0.1, -0.05) is 0 Å². The Morgan fingerprint density at radius 2 is 2.50 bits per heavy atom. The molecule has 3 heteroatoms. The largest absolute Gasteiger partial charge is 0.393 e. The third-order valence-corrected chi connectivity index (χ3v) is 0.556. The highest BCUT2D eigenvalue weighted by Crippen LogP contribution is 1.79. The molecule has 0 amide bonds. The first-order valence-corrected chi connectivity index (χ1v) is 2.08. The first-order valence-electron chi connectivity index (χ1n) is 2.08. The molecule has 0 aromatic rings. The van der Waals surface area contributed by atoms with Crippen molar-refractivity contribution in [2.45, 2.75) is 0 Å². The lowest BCUT2D eigenvalue weighted by atomic mass is 10.4. The molecular formula is C5H6N2O. The number of nitrogens with zero attached hydrogens (tertiary/aromatic N) is 1. The monoisotopic (exact) mass is 110 g/mol. The number of carbonyl (C=O) groups excluding carboxylic acids is 1. The van der Waals surface area contributed by atoms with Gasteiger partial charge in [-0.2, -0.15) is 5.26 Å². The number of hydrogen-bond acceptors (Lipinski definition) is 3. The molecule has 1 N–H and O–H groups in total. The van der Waals surface area contributed by atoms with Crippen LogP contribution in [0.3, 0.4) is 0 Å². The number of carbonyl (C=O) groups is 1. The van der Waals surface area contributed by atoms with Gasteiger partial charge in [0.2, 0.25) is 0 Å². The molecule has 0 saturated heterocycles. The van der Waals surface area contributed by atoms with E-state index >= 15 is 0 Å². The summed E-state index contributed by atoms with van der Waals surface area (Å²) >= 11 is 0. The summed E-state index contributed by atoms with van der Waals surface area (Å²) in [6.45, 7) is 0. The van der Waals surface area contributed by atoms with E-state index in [0.29, 0.717) is 6.29 Å². The van der Waals surface area contributed by atoms with Crippen LogP contribution in [-0.2, 0) is 4.79 Å². The number of aldehydes is 1. The lowest BCUT2D eigenvalue weighted by molar-refractivity contribution is -0.104. The molecule has 0 bridgehead atoms. The Balaban J connectivity index is 3.92. The quantitative estimate of drug-likeness (QED) is 0.304. The van der Waals surface area contributed by atoms with Crippen molar-refractivity contribution in [3.05, 3.63) is 11.8 Å². The Morgan fingerprint density at radius 1 is 1.88 bits per heavy atom. The summed E-state index contributed by atoms with van der Waals surface area (Å²) in [4.78, 5) is 9.80. The van der Waals surface area contributed by atoms with Gasteiger partial charge in [-0.3, -0.25) is 4.79 Å². The Bertz CT molecular complexity index is 143. The van der Waals surface area contributed by atoms with Gasteiger partial charge in [0.05, 0.1) is 0 Å². The van der Waals surface area contributed by atoms with E-state index in [1.165, 1.54) is 6.20 Å². The number of nitriles is 1. The van der Waals surface area contributed by atoms with Crippen LogP contribution in [0.25, 0.3) is 0 Å². The molecule has 0 aliphatic carbocycles. The first kappa shape index (κ1) is 6.70. The van der Waals surface area contributed by atoms with Crippen LogP contribution in [0, 0.1) is 11.3 Å². The lowest BCUT2D eigenvalue weighted by Crippen LogP contribution is -1.95. The minimum absolute atomic E-state index is 0.104. The second-order valence-corrected chi connectivity index (χ2v) is 1.12. The standard InChI is InChI=1S/C5H6N2O/c1-7-3-5(2-6)4-8/h3-4,7H,1H3/b5-3+. The van der Waals surface area contributed by atoms with E-state index in [4.69, 9.17) is 5.26 Å². The molecular weight excluding hydrogens is 104 g/mol. The van der Waals surface area contributed by atoms with Gasteiger partial charge in [-0.05, 0) is 0 Å². The summed E-state index contributed by atoms with van der Waals surface area (Å²) in [5.41, 5.74) is 0.104. The van der Waals surface area contributed by atoms with E-state index in [1.807, 2.05) is 0 Å². The van der Waals surface area contributed by atoms with Crippen LogP contribution >= 0.6 is 0 Å². The molecule has 0 aromatic heterocycles. The Morgan fingerprint density at radius 3 is 2.62 bits per heavy atom. The molecule has 0 atom stereocenters. The van der Waals surface area contributed by atoms with Gasteiger partial charge < -0.3 is 5.32 Å². The van der Waals surface area contributed by atoms with Crippen LogP contribution in [0.15, 0.2) is 11.8 Å². The highest BCUT2D eigenvalue weighted by molar-refractivity contribution is 5.78. The predicted molar refractivity (Wildman–Crippen MR) is 28.8 cm³/mol. The summed E-state index contributed by atoms with van der Waals surface area (Å²) in [5.74, 6) is 0. The summed E-state index contributed by atoms with van der Waals surface area (Å²) in [7, 11) is 1.63. The van der Waals surface area contributed by atoms with Crippen LogP contribution in [0.4, 0.5) is 0 Å². The van der Waals surface area contributed by atoms with Gasteiger partial charge in [0.25, 0.3) is 0 Å². The number of allylic oxidation sites excluding steroid dienone is 1. The van der Waals surface area contributed by atoms with E-state index < -0.39 is 0 Å². The minimum Gasteiger partial charge on any atom is -0.393 e. The number of rotatable bonds is 2. The van der Waals surface area contributed by atoms with Crippen LogP contribution < -0.4 is 5.32 Å². The zero-order valence-electron chi connectivity index (χ0n) is 4.51. The summed E-state index contributed by atoms with van der Waals surface area (Å²) in [5, 5.41) is 10.6. The maximum atomic E-state index is 9.80. The van der Waals surface area contributed by atoms with Crippen molar-refractivity contribution < 1.29 is 4.79 Å². The summed E-state index contributed by atoms with van der Waals surface area (Å²) in [6, 6.07) is 1.68. The van der Waals surface area contributed by atoms with Gasteiger partial charge in [-0.25, -0.2) is 0 Å². The van der Waals surface area contributed by atoms with E-state index in [0.717, 1.165) is 0 Å². The van der Waals surface area contributed by atoms with Crippen LogP contribution in [0.1, 0.15) is 0 Å². The molecule has 0 rings (SSSR count). The van der Waals surface area contributed by atoms with E-state index in [1.54, 1.807) is 13.1 Å². The SMILES string of the molecule is CN/C=C(\C#N)C=O. The maximum Gasteiger partial charge on any atom is 0.162 e. The normalized spacial score (nSPS) is 9.75. The number of hydrogen-bond donors (Lipinski definition) is 1. The molecule has 0 heterocycles. The van der Waals surface area contributed by atoms with Gasteiger partial charge in [-0.15, -0.1) is 0 Å². The second-order valence-electron chi connectivity index (χ2n) is 1.12. The minimum atomic E-state index is 0.104. The third-order valence-electron chi connectivity index (χ3n) is 0.556. The highest BCUT2D eigenvalue weighted by Gasteiger charge is 1.84. The van der Waals surface area contributed by atoms with Crippen molar-refractivity contribution in [2.75, 3.05) is 7.05 Å². The van der Waals surface area contributed by atoms with Crippen molar-refractivity contribution in [3.8, 4) is 6.07 Å². The average Bonchev–Trinajstić information content (AvgIpc) is 1.83. The zero-order chi connectivity index (χ0) is 6.41. The van der Waals surface area contributed by atoms with Crippen LogP contribution in [-0.4, -0.2) is 13.3 Å². The fourth-order valence-electron chi connectivity index (χ4n) is 0.248. The average molecular weight is 110 g/mol. The Hall–Kier alpha value is -1.30. The fraction of sp³-hybridized carbons (Fsp3) is 0.200. The smallest absolute Gasteiger partial charge is 0.162 e.